The molecule has 1 unspecified atom stereocenters. The van der Waals surface area contributed by atoms with Crippen LogP contribution in [0.2, 0.25) is 0 Å². The molecule has 0 radical (unpaired) electrons. The summed E-state index contributed by atoms with van der Waals surface area (Å²) < 4.78 is 46.4. The van der Waals surface area contributed by atoms with Crippen LogP contribution in [0, 0.1) is 0 Å². The molecule has 1 aromatic heterocycles. The topological polar surface area (TPSA) is 120 Å². The van der Waals surface area contributed by atoms with Gasteiger partial charge in [0.05, 0.1) is 18.3 Å². The molecule has 0 spiro atoms. The molecule has 3 aromatic rings. The van der Waals surface area contributed by atoms with Crippen LogP contribution in [0.1, 0.15) is 35.6 Å². The highest BCUT2D eigenvalue weighted by Crippen LogP contribution is 2.31. The Morgan fingerprint density at radius 2 is 1.84 bits per heavy atom. The van der Waals surface area contributed by atoms with Gasteiger partial charge >= 0.3 is 17.4 Å². The average molecular weight is 459 g/mol. The van der Waals surface area contributed by atoms with Gasteiger partial charge < -0.3 is 19.2 Å². The van der Waals surface area contributed by atoms with Gasteiger partial charge in [0.25, 0.3) is 0 Å². The van der Waals surface area contributed by atoms with Gasteiger partial charge in [-0.05, 0) is 48.4 Å². The first-order chi connectivity index (χ1) is 15.3. The maximum atomic E-state index is 12.2. The second-order valence-electron chi connectivity index (χ2n) is 7.98. The number of hydrogen-bond acceptors (Lipinski definition) is 6. The molecule has 1 saturated heterocycles. The van der Waals surface area contributed by atoms with E-state index in [9.17, 15) is 23.0 Å². The molecule has 0 aliphatic carbocycles. The fourth-order valence-corrected chi connectivity index (χ4v) is 5.20. The van der Waals surface area contributed by atoms with Crippen molar-refractivity contribution in [2.24, 2.45) is 0 Å². The monoisotopic (exact) mass is 459 g/mol. The highest BCUT2D eigenvalue weighted by molar-refractivity contribution is 7.83. The number of hydrogen-bond donors (Lipinski definition) is 3. The summed E-state index contributed by atoms with van der Waals surface area (Å²) >= 11 is 0. The third-order valence-electron chi connectivity index (χ3n) is 5.93. The van der Waals surface area contributed by atoms with Gasteiger partial charge in [0.15, 0.2) is 0 Å². The first kappa shape index (κ1) is 23.0. The van der Waals surface area contributed by atoms with Crippen LogP contribution in [0.25, 0.3) is 11.0 Å². The van der Waals surface area contributed by atoms with E-state index >= 15 is 0 Å². The summed E-state index contributed by atoms with van der Waals surface area (Å²) in [5.74, 6) is -1.29. The van der Waals surface area contributed by atoms with Crippen LogP contribution in [0.3, 0.4) is 0 Å². The van der Waals surface area contributed by atoms with E-state index in [0.29, 0.717) is 17.8 Å². The zero-order valence-corrected chi connectivity index (χ0v) is 18.3. The standard InChI is InChI=1S/C22H26BNO7S/c25-23(26)22(14-17-15-31-21-9-4-3-8-19(17)21)24(32(27,28)29)12-11-16-6-1-2-7-18(16)20-10-5-13-30-20/h1-4,6-9,15,20,22,25-26H,5,10-14H2,(H,27,28,29)/t20?,22-/m0/s1. The van der Waals surface area contributed by atoms with E-state index in [1.165, 1.54) is 6.26 Å². The molecule has 2 aromatic carbocycles. The van der Waals surface area contributed by atoms with E-state index in [-0.39, 0.29) is 25.5 Å². The molecule has 1 aliphatic rings. The molecular weight excluding hydrogens is 433 g/mol. The Morgan fingerprint density at radius 1 is 1.09 bits per heavy atom. The Balaban J connectivity index is 1.58. The number of rotatable bonds is 9. The second kappa shape index (κ2) is 9.74. The summed E-state index contributed by atoms with van der Waals surface area (Å²) in [6.45, 7) is 0.564. The molecule has 1 aliphatic heterocycles. The van der Waals surface area contributed by atoms with Crippen molar-refractivity contribution >= 4 is 28.4 Å². The Morgan fingerprint density at radius 3 is 2.56 bits per heavy atom. The highest BCUT2D eigenvalue weighted by Gasteiger charge is 2.37. The quantitative estimate of drug-likeness (QED) is 0.332. The van der Waals surface area contributed by atoms with Crippen LogP contribution in [0.4, 0.5) is 0 Å². The normalized spacial score (nSPS) is 17.8. The van der Waals surface area contributed by atoms with Crippen LogP contribution in [-0.2, 0) is 27.9 Å². The van der Waals surface area contributed by atoms with Crippen LogP contribution in [0.5, 0.6) is 0 Å². The molecule has 2 atom stereocenters. The second-order valence-corrected chi connectivity index (χ2v) is 9.35. The lowest BCUT2D eigenvalue weighted by Gasteiger charge is -2.28. The molecule has 4 rings (SSSR count). The Bertz CT molecular complexity index is 1160. The maximum Gasteiger partial charge on any atom is 0.471 e. The third-order valence-corrected chi connectivity index (χ3v) is 6.98. The van der Waals surface area contributed by atoms with Crippen molar-refractivity contribution in [2.75, 3.05) is 13.2 Å². The summed E-state index contributed by atoms with van der Waals surface area (Å²) in [6.07, 6.45) is 3.53. The zero-order chi connectivity index (χ0) is 22.7. The first-order valence-electron chi connectivity index (χ1n) is 10.6. The molecule has 8 nitrogen and oxygen atoms in total. The highest BCUT2D eigenvalue weighted by atomic mass is 32.2. The molecule has 2 heterocycles. The van der Waals surface area contributed by atoms with E-state index in [1.54, 1.807) is 6.07 Å². The van der Waals surface area contributed by atoms with E-state index in [2.05, 4.69) is 0 Å². The SMILES string of the molecule is O=S(=O)(O)N(CCc1ccccc1C1CCCO1)[C@@H](Cc1coc2ccccc12)B(O)O. The van der Waals surface area contributed by atoms with Gasteiger partial charge in [-0.2, -0.15) is 12.7 Å². The predicted octanol–water partition coefficient (Wildman–Crippen LogP) is 2.55. The fourth-order valence-electron chi connectivity index (χ4n) is 4.35. The molecule has 0 amide bonds. The van der Waals surface area contributed by atoms with Gasteiger partial charge in [-0.3, -0.25) is 4.55 Å². The van der Waals surface area contributed by atoms with Crippen molar-refractivity contribution in [1.29, 1.82) is 0 Å². The van der Waals surface area contributed by atoms with E-state index in [1.807, 2.05) is 42.5 Å². The van der Waals surface area contributed by atoms with Crippen molar-refractivity contribution < 1.29 is 32.2 Å². The molecule has 3 N–H and O–H groups in total. The lowest BCUT2D eigenvalue weighted by Crippen LogP contribution is -2.51. The first-order valence-corrected chi connectivity index (χ1v) is 12.0. The van der Waals surface area contributed by atoms with Crippen LogP contribution < -0.4 is 0 Å². The van der Waals surface area contributed by atoms with Crippen molar-refractivity contribution in [3.05, 3.63) is 71.5 Å². The van der Waals surface area contributed by atoms with Crippen LogP contribution >= 0.6 is 0 Å². The molecular formula is C22H26BNO7S. The lowest BCUT2D eigenvalue weighted by atomic mass is 9.75. The maximum absolute atomic E-state index is 12.2. The summed E-state index contributed by atoms with van der Waals surface area (Å²) in [6, 6.07) is 14.8. The average Bonchev–Trinajstić information content (AvgIpc) is 3.43. The minimum atomic E-state index is -4.72. The molecule has 0 bridgehead atoms. The van der Waals surface area contributed by atoms with E-state index in [4.69, 9.17) is 9.15 Å². The Kier molecular flexibility index (Phi) is 6.99. The van der Waals surface area contributed by atoms with Crippen LogP contribution in [0.15, 0.2) is 59.2 Å². The van der Waals surface area contributed by atoms with E-state index in [0.717, 1.165) is 33.7 Å². The molecule has 170 valence electrons. The van der Waals surface area contributed by atoms with Gasteiger partial charge in [-0.15, -0.1) is 0 Å². The number of nitrogens with zero attached hydrogens (tertiary/aromatic N) is 1. The van der Waals surface area contributed by atoms with E-state index < -0.39 is 23.4 Å². The molecule has 32 heavy (non-hydrogen) atoms. The van der Waals surface area contributed by atoms with Crippen molar-refractivity contribution in [3.63, 3.8) is 0 Å². The summed E-state index contributed by atoms with van der Waals surface area (Å²) in [7, 11) is -6.72. The van der Waals surface area contributed by atoms with Gasteiger partial charge in [0.1, 0.15) is 5.58 Å². The number of benzene rings is 2. The van der Waals surface area contributed by atoms with Crippen LogP contribution in [-0.4, -0.2) is 53.5 Å². The zero-order valence-electron chi connectivity index (χ0n) is 17.5. The fraction of sp³-hybridized carbons (Fsp3) is 0.364. The van der Waals surface area contributed by atoms with Crippen molar-refractivity contribution in [3.8, 4) is 0 Å². The van der Waals surface area contributed by atoms with Gasteiger partial charge in [0.2, 0.25) is 0 Å². The van der Waals surface area contributed by atoms with Crippen molar-refractivity contribution in [1.82, 2.24) is 4.31 Å². The smallest absolute Gasteiger partial charge is 0.464 e. The minimum absolute atomic E-state index is 0.0398. The number of furan rings is 1. The predicted molar refractivity (Wildman–Crippen MR) is 120 cm³/mol. The summed E-state index contributed by atoms with van der Waals surface area (Å²) in [5, 5.41) is 20.8. The summed E-state index contributed by atoms with van der Waals surface area (Å²) in [4.78, 5) is 0. The summed E-state index contributed by atoms with van der Waals surface area (Å²) in [5.41, 5.74) is 3.11. The van der Waals surface area contributed by atoms with Gasteiger partial charge in [0, 0.05) is 18.5 Å². The third kappa shape index (κ3) is 5.06. The number of fused-ring (bicyclic) bond motifs is 1. The minimum Gasteiger partial charge on any atom is -0.464 e. The van der Waals surface area contributed by atoms with Gasteiger partial charge in [-0.25, -0.2) is 0 Å². The largest absolute Gasteiger partial charge is 0.471 e. The van der Waals surface area contributed by atoms with Crippen molar-refractivity contribution in [2.45, 2.75) is 37.7 Å². The Labute approximate surface area is 187 Å². The number of para-hydroxylation sites is 1. The lowest BCUT2D eigenvalue weighted by molar-refractivity contribution is 0.111. The number of ether oxygens (including phenoxy) is 1. The molecule has 1 fully saturated rings. The van der Waals surface area contributed by atoms with Gasteiger partial charge in [-0.1, -0.05) is 42.5 Å². The molecule has 10 heteroatoms. The molecule has 0 saturated carbocycles. The Hall–Kier alpha value is -2.21.